The van der Waals surface area contributed by atoms with E-state index in [1.165, 1.54) is 0 Å². The van der Waals surface area contributed by atoms with Crippen LogP contribution >= 0.6 is 0 Å². The molecule has 0 saturated heterocycles. The minimum absolute atomic E-state index is 0.356. The Kier molecular flexibility index (Phi) is 3.18. The van der Waals surface area contributed by atoms with Crippen LogP contribution in [0.4, 0.5) is 5.95 Å². The van der Waals surface area contributed by atoms with E-state index < -0.39 is 0 Å². The molecule has 1 atom stereocenters. The van der Waals surface area contributed by atoms with Crippen LogP contribution in [0.15, 0.2) is 0 Å². The average molecular weight is 184 g/mol. The highest BCUT2D eigenvalue weighted by atomic mass is 15.6. The minimum Gasteiger partial charge on any atom is -0.340 e. The van der Waals surface area contributed by atoms with E-state index in [4.69, 9.17) is 5.73 Å². The van der Waals surface area contributed by atoms with Gasteiger partial charge in [-0.05, 0) is 30.3 Å². The van der Waals surface area contributed by atoms with E-state index in [0.717, 1.165) is 12.4 Å². The summed E-state index contributed by atoms with van der Waals surface area (Å²) >= 11 is 0. The number of tetrazole rings is 1. The molecule has 0 radical (unpaired) electrons. The number of hydrogen-bond acceptors (Lipinski definition) is 5. The van der Waals surface area contributed by atoms with Crippen LogP contribution in [0.25, 0.3) is 0 Å². The predicted octanol–water partition coefficient (Wildman–Crippen LogP) is -0.616. The van der Waals surface area contributed by atoms with E-state index in [9.17, 15) is 0 Å². The number of nitrogens with zero attached hydrogens (tertiary/aromatic N) is 5. The Bertz CT molecular complexity index is 257. The van der Waals surface area contributed by atoms with Crippen LogP contribution < -0.4 is 10.6 Å². The predicted molar refractivity (Wildman–Crippen MR) is 50.3 cm³/mol. The molecule has 6 nitrogen and oxygen atoms in total. The van der Waals surface area contributed by atoms with Crippen LogP contribution in [0, 0.1) is 0 Å². The zero-order valence-corrected chi connectivity index (χ0v) is 8.30. The lowest BCUT2D eigenvalue weighted by Crippen LogP contribution is -2.32. The average Bonchev–Trinajstić information content (AvgIpc) is 2.50. The molecule has 74 valence electrons. The highest BCUT2D eigenvalue weighted by molar-refractivity contribution is 5.27. The van der Waals surface area contributed by atoms with Gasteiger partial charge in [-0.3, -0.25) is 0 Å². The zero-order chi connectivity index (χ0) is 9.84. The third-order valence-electron chi connectivity index (χ3n) is 2.16. The minimum atomic E-state index is 0.356. The number of anilines is 1. The van der Waals surface area contributed by atoms with Gasteiger partial charge in [0.2, 0.25) is 5.95 Å². The summed E-state index contributed by atoms with van der Waals surface area (Å²) in [5.74, 6) is 0.765. The molecule has 0 aliphatic rings. The lowest BCUT2D eigenvalue weighted by molar-refractivity contribution is 0.603. The molecular formula is C7H16N6. The Morgan fingerprint density at radius 3 is 2.77 bits per heavy atom. The van der Waals surface area contributed by atoms with Crippen LogP contribution in [0.2, 0.25) is 0 Å². The van der Waals surface area contributed by atoms with Gasteiger partial charge in [0.05, 0.1) is 0 Å². The van der Waals surface area contributed by atoms with Crippen LogP contribution in [-0.4, -0.2) is 39.8 Å². The summed E-state index contributed by atoms with van der Waals surface area (Å²) in [6, 6.07) is 0.356. The maximum Gasteiger partial charge on any atom is 0.245 e. The van der Waals surface area contributed by atoms with Crippen molar-refractivity contribution in [3.8, 4) is 0 Å². The summed E-state index contributed by atoms with van der Waals surface area (Å²) in [4.78, 5) is 2.02. The molecule has 0 saturated carbocycles. The van der Waals surface area contributed by atoms with Crippen molar-refractivity contribution in [2.75, 3.05) is 18.5 Å². The monoisotopic (exact) mass is 184 g/mol. The summed E-state index contributed by atoms with van der Waals surface area (Å²) in [5.41, 5.74) is 5.47. The van der Waals surface area contributed by atoms with Gasteiger partial charge < -0.3 is 10.6 Å². The van der Waals surface area contributed by atoms with Gasteiger partial charge in [0, 0.05) is 20.1 Å². The Hall–Kier alpha value is -1.17. The lowest BCUT2D eigenvalue weighted by atomic mass is 10.2. The van der Waals surface area contributed by atoms with Crippen molar-refractivity contribution in [2.24, 2.45) is 12.8 Å². The van der Waals surface area contributed by atoms with Gasteiger partial charge in [-0.2, -0.15) is 0 Å². The van der Waals surface area contributed by atoms with E-state index in [0.29, 0.717) is 12.6 Å². The molecule has 2 N–H and O–H groups in total. The number of aromatic nitrogens is 4. The van der Waals surface area contributed by atoms with E-state index in [1.807, 2.05) is 19.0 Å². The fraction of sp³-hybridized carbons (Fsp3) is 0.857. The molecule has 0 fully saturated rings. The van der Waals surface area contributed by atoms with Gasteiger partial charge in [-0.15, -0.1) is 0 Å². The highest BCUT2D eigenvalue weighted by Gasteiger charge is 2.13. The third kappa shape index (κ3) is 2.15. The summed E-state index contributed by atoms with van der Waals surface area (Å²) in [6.45, 7) is 2.78. The van der Waals surface area contributed by atoms with Gasteiger partial charge in [0.15, 0.2) is 0 Å². The Balaban J connectivity index is 2.67. The first-order valence-corrected chi connectivity index (χ1v) is 4.32. The van der Waals surface area contributed by atoms with Crippen molar-refractivity contribution in [1.82, 2.24) is 20.2 Å². The van der Waals surface area contributed by atoms with Crippen molar-refractivity contribution in [2.45, 2.75) is 19.4 Å². The molecule has 6 heteroatoms. The van der Waals surface area contributed by atoms with Gasteiger partial charge in [-0.1, -0.05) is 5.10 Å². The molecule has 0 aromatic carbocycles. The molecule has 0 aliphatic carbocycles. The number of aryl methyl sites for hydroxylation is 1. The second-order valence-corrected chi connectivity index (χ2v) is 3.14. The van der Waals surface area contributed by atoms with E-state index in [1.54, 1.807) is 4.68 Å². The number of rotatable bonds is 4. The van der Waals surface area contributed by atoms with Gasteiger partial charge in [0.1, 0.15) is 0 Å². The second kappa shape index (κ2) is 4.18. The maximum atomic E-state index is 5.47. The standard InChI is InChI=1S/C7H16N6/c1-6(4-5-8)12(2)7-9-10-11-13(7)3/h6H,4-5,8H2,1-3H3. The molecule has 0 amide bonds. The summed E-state index contributed by atoms with van der Waals surface area (Å²) in [6.07, 6.45) is 0.934. The highest BCUT2D eigenvalue weighted by Crippen LogP contribution is 2.09. The first-order valence-electron chi connectivity index (χ1n) is 4.32. The number of nitrogens with two attached hydrogens (primary N) is 1. The smallest absolute Gasteiger partial charge is 0.245 e. The van der Waals surface area contributed by atoms with Crippen LogP contribution in [0.1, 0.15) is 13.3 Å². The molecule has 1 aromatic rings. The SMILES string of the molecule is CC(CCN)N(C)c1nnnn1C. The zero-order valence-electron chi connectivity index (χ0n) is 8.30. The van der Waals surface area contributed by atoms with Gasteiger partial charge in [0.25, 0.3) is 0 Å². The molecule has 0 bridgehead atoms. The Labute approximate surface area is 77.7 Å². The van der Waals surface area contributed by atoms with E-state index in [2.05, 4.69) is 22.4 Å². The molecule has 0 aliphatic heterocycles. The second-order valence-electron chi connectivity index (χ2n) is 3.14. The molecule has 0 spiro atoms. The molecule has 1 heterocycles. The third-order valence-corrected chi connectivity index (χ3v) is 2.16. The Morgan fingerprint density at radius 2 is 2.31 bits per heavy atom. The fourth-order valence-electron chi connectivity index (χ4n) is 1.16. The normalized spacial score (nSPS) is 12.9. The van der Waals surface area contributed by atoms with Crippen molar-refractivity contribution in [1.29, 1.82) is 0 Å². The van der Waals surface area contributed by atoms with E-state index in [-0.39, 0.29) is 0 Å². The van der Waals surface area contributed by atoms with Crippen LogP contribution in [0.3, 0.4) is 0 Å². The summed E-state index contributed by atoms with van der Waals surface area (Å²) < 4.78 is 1.65. The molecule has 13 heavy (non-hydrogen) atoms. The summed E-state index contributed by atoms with van der Waals surface area (Å²) in [7, 11) is 3.78. The maximum absolute atomic E-state index is 5.47. The van der Waals surface area contributed by atoms with Crippen molar-refractivity contribution in [3.05, 3.63) is 0 Å². The van der Waals surface area contributed by atoms with Crippen molar-refractivity contribution < 1.29 is 0 Å². The molecule has 1 unspecified atom stereocenters. The lowest BCUT2D eigenvalue weighted by Gasteiger charge is -2.23. The van der Waals surface area contributed by atoms with Crippen LogP contribution in [-0.2, 0) is 7.05 Å². The molecule has 1 rings (SSSR count). The van der Waals surface area contributed by atoms with Gasteiger partial charge in [-0.25, -0.2) is 4.68 Å². The van der Waals surface area contributed by atoms with Crippen LogP contribution in [0.5, 0.6) is 0 Å². The molecule has 1 aromatic heterocycles. The topological polar surface area (TPSA) is 72.9 Å². The largest absolute Gasteiger partial charge is 0.340 e. The first-order chi connectivity index (χ1) is 6.16. The quantitative estimate of drug-likeness (QED) is 0.675. The molecular weight excluding hydrogens is 168 g/mol. The van der Waals surface area contributed by atoms with Crippen molar-refractivity contribution >= 4 is 5.95 Å². The van der Waals surface area contributed by atoms with E-state index >= 15 is 0 Å². The fourth-order valence-corrected chi connectivity index (χ4v) is 1.16. The van der Waals surface area contributed by atoms with Gasteiger partial charge >= 0.3 is 0 Å². The Morgan fingerprint density at radius 1 is 1.62 bits per heavy atom. The summed E-state index contributed by atoms with van der Waals surface area (Å²) in [5, 5.41) is 11.2. The van der Waals surface area contributed by atoms with Crippen molar-refractivity contribution in [3.63, 3.8) is 0 Å². The number of hydrogen-bond donors (Lipinski definition) is 1. The first kappa shape index (κ1) is 9.91.